The quantitative estimate of drug-likeness (QED) is 0.657. The SMILES string of the molecule is O=C(NCCOc1ccc(-c2ccco2)nn1)Nc1ccc(Cl)cc1. The average Bonchev–Trinajstić information content (AvgIpc) is 3.16. The Morgan fingerprint density at radius 3 is 2.64 bits per heavy atom. The Morgan fingerprint density at radius 2 is 1.96 bits per heavy atom. The number of anilines is 1. The molecular formula is C17H15ClN4O3. The van der Waals surface area contributed by atoms with Gasteiger partial charge >= 0.3 is 6.03 Å². The number of furan rings is 1. The zero-order valence-corrected chi connectivity index (χ0v) is 13.9. The smallest absolute Gasteiger partial charge is 0.319 e. The number of benzene rings is 1. The third-order valence-corrected chi connectivity index (χ3v) is 3.41. The summed E-state index contributed by atoms with van der Waals surface area (Å²) < 4.78 is 10.7. The molecule has 0 radical (unpaired) electrons. The first-order valence-electron chi connectivity index (χ1n) is 7.51. The minimum absolute atomic E-state index is 0.267. The van der Waals surface area contributed by atoms with Gasteiger partial charge in [0.15, 0.2) is 5.76 Å². The van der Waals surface area contributed by atoms with Crippen LogP contribution in [0.4, 0.5) is 10.5 Å². The number of amides is 2. The van der Waals surface area contributed by atoms with Crippen molar-refractivity contribution < 1.29 is 13.9 Å². The highest BCUT2D eigenvalue weighted by molar-refractivity contribution is 6.30. The molecule has 0 atom stereocenters. The molecule has 2 heterocycles. The maximum atomic E-state index is 11.7. The predicted octanol–water partition coefficient (Wildman–Crippen LogP) is 3.59. The fraction of sp³-hybridized carbons (Fsp3) is 0.118. The minimum Gasteiger partial charge on any atom is -0.475 e. The number of ether oxygens (including phenoxy) is 1. The van der Waals surface area contributed by atoms with Crippen LogP contribution in [0.2, 0.25) is 5.02 Å². The number of halogens is 1. The lowest BCUT2D eigenvalue weighted by Crippen LogP contribution is -2.32. The standard InChI is InChI=1S/C17H15ClN4O3/c18-12-3-5-13(6-4-12)20-17(23)19-9-11-25-16-8-7-14(21-22-16)15-2-1-10-24-15/h1-8,10H,9,11H2,(H2,19,20,23). The summed E-state index contributed by atoms with van der Waals surface area (Å²) in [5.74, 6) is 1.01. The normalized spacial score (nSPS) is 10.3. The Balaban J connectivity index is 1.39. The molecule has 7 nitrogen and oxygen atoms in total. The molecule has 0 spiro atoms. The lowest BCUT2D eigenvalue weighted by Gasteiger charge is -2.08. The summed E-state index contributed by atoms with van der Waals surface area (Å²) in [4.78, 5) is 11.7. The van der Waals surface area contributed by atoms with Crippen LogP contribution in [0, 0.1) is 0 Å². The highest BCUT2D eigenvalue weighted by atomic mass is 35.5. The van der Waals surface area contributed by atoms with Crippen LogP contribution in [-0.4, -0.2) is 29.4 Å². The van der Waals surface area contributed by atoms with E-state index in [-0.39, 0.29) is 12.6 Å². The summed E-state index contributed by atoms with van der Waals surface area (Å²) in [6.07, 6.45) is 1.57. The molecule has 3 rings (SSSR count). The van der Waals surface area contributed by atoms with E-state index in [1.165, 1.54) is 0 Å². The van der Waals surface area contributed by atoms with Crippen LogP contribution in [0.25, 0.3) is 11.5 Å². The first-order chi connectivity index (χ1) is 12.2. The van der Waals surface area contributed by atoms with Gasteiger partial charge in [-0.3, -0.25) is 0 Å². The second kappa shape index (κ2) is 8.16. The molecule has 2 amide bonds. The van der Waals surface area contributed by atoms with Crippen molar-refractivity contribution in [1.29, 1.82) is 0 Å². The molecule has 25 heavy (non-hydrogen) atoms. The molecule has 2 N–H and O–H groups in total. The van der Waals surface area contributed by atoms with Crippen LogP contribution < -0.4 is 15.4 Å². The predicted molar refractivity (Wildman–Crippen MR) is 93.7 cm³/mol. The van der Waals surface area contributed by atoms with Crippen molar-refractivity contribution in [3.05, 3.63) is 59.8 Å². The van der Waals surface area contributed by atoms with Crippen molar-refractivity contribution in [3.63, 3.8) is 0 Å². The monoisotopic (exact) mass is 358 g/mol. The number of aromatic nitrogens is 2. The fourth-order valence-electron chi connectivity index (χ4n) is 1.98. The van der Waals surface area contributed by atoms with Crippen LogP contribution >= 0.6 is 11.6 Å². The van der Waals surface area contributed by atoms with Crippen LogP contribution in [-0.2, 0) is 0 Å². The first kappa shape index (κ1) is 16.8. The molecule has 2 aromatic heterocycles. The van der Waals surface area contributed by atoms with Gasteiger partial charge in [-0.1, -0.05) is 11.6 Å². The van der Waals surface area contributed by atoms with Crippen molar-refractivity contribution in [1.82, 2.24) is 15.5 Å². The first-order valence-corrected chi connectivity index (χ1v) is 7.89. The van der Waals surface area contributed by atoms with E-state index in [0.717, 1.165) is 0 Å². The van der Waals surface area contributed by atoms with Gasteiger partial charge in [-0.15, -0.1) is 10.2 Å². The van der Waals surface area contributed by atoms with E-state index in [2.05, 4.69) is 20.8 Å². The lowest BCUT2D eigenvalue weighted by molar-refractivity contribution is 0.246. The van der Waals surface area contributed by atoms with Crippen LogP contribution in [0.5, 0.6) is 5.88 Å². The minimum atomic E-state index is -0.329. The number of urea groups is 1. The number of nitrogens with zero attached hydrogens (tertiary/aromatic N) is 2. The van der Waals surface area contributed by atoms with Crippen LogP contribution in [0.1, 0.15) is 0 Å². The number of rotatable bonds is 6. The number of nitrogens with one attached hydrogen (secondary N) is 2. The van der Waals surface area contributed by atoms with E-state index in [1.54, 1.807) is 54.8 Å². The van der Waals surface area contributed by atoms with Gasteiger partial charge in [-0.05, 0) is 42.5 Å². The molecule has 8 heteroatoms. The van der Waals surface area contributed by atoms with Crippen molar-refractivity contribution in [2.45, 2.75) is 0 Å². The molecule has 0 aliphatic heterocycles. The number of carbonyl (C=O) groups is 1. The molecule has 0 aliphatic carbocycles. The maximum absolute atomic E-state index is 11.7. The summed E-state index contributed by atoms with van der Waals surface area (Å²) in [5, 5.41) is 13.9. The summed E-state index contributed by atoms with van der Waals surface area (Å²) >= 11 is 5.79. The van der Waals surface area contributed by atoms with Gasteiger partial charge in [0.25, 0.3) is 0 Å². The fourth-order valence-corrected chi connectivity index (χ4v) is 2.11. The second-order valence-electron chi connectivity index (χ2n) is 4.97. The van der Waals surface area contributed by atoms with Crippen molar-refractivity contribution in [2.75, 3.05) is 18.5 Å². The maximum Gasteiger partial charge on any atom is 0.319 e. The molecule has 0 saturated heterocycles. The summed E-state index contributed by atoms with van der Waals surface area (Å²) in [7, 11) is 0. The molecule has 1 aromatic carbocycles. The van der Waals surface area contributed by atoms with Crippen molar-refractivity contribution in [2.24, 2.45) is 0 Å². The molecule has 3 aromatic rings. The topological polar surface area (TPSA) is 89.3 Å². The molecule has 0 aliphatic rings. The molecule has 0 saturated carbocycles. The number of hydrogen-bond donors (Lipinski definition) is 2. The van der Waals surface area contributed by atoms with E-state index in [9.17, 15) is 4.79 Å². The van der Waals surface area contributed by atoms with Gasteiger partial charge in [0.05, 0.1) is 12.8 Å². The highest BCUT2D eigenvalue weighted by Crippen LogP contribution is 2.17. The summed E-state index contributed by atoms with van der Waals surface area (Å²) in [6.45, 7) is 0.587. The average molecular weight is 359 g/mol. The Labute approximate surface area is 149 Å². The third kappa shape index (κ3) is 4.95. The second-order valence-corrected chi connectivity index (χ2v) is 5.41. The Kier molecular flexibility index (Phi) is 5.48. The molecular weight excluding hydrogens is 344 g/mol. The van der Waals surface area contributed by atoms with Gasteiger partial charge in [-0.25, -0.2) is 4.79 Å². The van der Waals surface area contributed by atoms with Gasteiger partial charge < -0.3 is 19.8 Å². The van der Waals surface area contributed by atoms with Gasteiger partial charge in [0.2, 0.25) is 5.88 Å². The molecule has 128 valence electrons. The number of carbonyl (C=O) groups excluding carboxylic acids is 1. The third-order valence-electron chi connectivity index (χ3n) is 3.15. The van der Waals surface area contributed by atoms with E-state index < -0.39 is 0 Å². The Hall–Kier alpha value is -3.06. The van der Waals surface area contributed by atoms with Crippen molar-refractivity contribution in [3.8, 4) is 17.3 Å². The highest BCUT2D eigenvalue weighted by Gasteiger charge is 2.05. The van der Waals surface area contributed by atoms with E-state index >= 15 is 0 Å². The summed E-state index contributed by atoms with van der Waals surface area (Å²) in [6, 6.07) is 13.5. The van der Waals surface area contributed by atoms with Gasteiger partial charge in [-0.2, -0.15) is 0 Å². The number of hydrogen-bond acceptors (Lipinski definition) is 5. The Morgan fingerprint density at radius 1 is 1.12 bits per heavy atom. The van der Waals surface area contributed by atoms with Crippen LogP contribution in [0.3, 0.4) is 0 Å². The molecule has 0 unspecified atom stereocenters. The summed E-state index contributed by atoms with van der Waals surface area (Å²) in [5.41, 5.74) is 1.28. The lowest BCUT2D eigenvalue weighted by atomic mass is 10.3. The van der Waals surface area contributed by atoms with Crippen molar-refractivity contribution >= 4 is 23.3 Å². The molecule has 0 fully saturated rings. The van der Waals surface area contributed by atoms with Gasteiger partial charge in [0.1, 0.15) is 12.3 Å². The van der Waals surface area contributed by atoms with E-state index in [4.69, 9.17) is 20.8 Å². The zero-order chi connectivity index (χ0) is 17.5. The zero-order valence-electron chi connectivity index (χ0n) is 13.1. The van der Waals surface area contributed by atoms with Crippen LogP contribution in [0.15, 0.2) is 59.2 Å². The Bertz CT molecular complexity index is 805. The van der Waals surface area contributed by atoms with E-state index in [1.807, 2.05) is 0 Å². The molecule has 0 bridgehead atoms. The van der Waals surface area contributed by atoms with Gasteiger partial charge in [0, 0.05) is 16.8 Å². The van der Waals surface area contributed by atoms with E-state index in [0.29, 0.717) is 34.6 Å². The largest absolute Gasteiger partial charge is 0.475 e.